The van der Waals surface area contributed by atoms with E-state index in [0.29, 0.717) is 53.3 Å². The highest BCUT2D eigenvalue weighted by Crippen LogP contribution is 2.52. The van der Waals surface area contributed by atoms with E-state index >= 15 is 0 Å². The van der Waals surface area contributed by atoms with Crippen LogP contribution in [-0.4, -0.2) is 23.6 Å². The highest BCUT2D eigenvalue weighted by Gasteiger charge is 2.41. The minimum absolute atomic E-state index is 0.0419. The summed E-state index contributed by atoms with van der Waals surface area (Å²) in [4.78, 5) is 62.3. The number of halogens is 4. The summed E-state index contributed by atoms with van der Waals surface area (Å²) in [7, 11) is 0. The molecule has 10 heteroatoms. The molecule has 0 bridgehead atoms. The third-order valence-electron chi connectivity index (χ3n) is 11.9. The number of fused-ring (bicyclic) bond motifs is 2. The number of carbonyl (C=O) groups excluding carboxylic acids is 4. The minimum atomic E-state index is -0.381. The van der Waals surface area contributed by atoms with Crippen molar-refractivity contribution in [1.29, 1.82) is 0 Å². The van der Waals surface area contributed by atoms with Crippen LogP contribution in [0.25, 0.3) is 43.1 Å². The van der Waals surface area contributed by atoms with E-state index in [4.69, 9.17) is 0 Å². The van der Waals surface area contributed by atoms with Gasteiger partial charge in [0.05, 0.1) is 22.5 Å². The van der Waals surface area contributed by atoms with Crippen LogP contribution in [0.3, 0.4) is 0 Å². The average molecular weight is 1030 g/mol. The Hall–Kier alpha value is -3.96. The van der Waals surface area contributed by atoms with Crippen LogP contribution in [-0.2, 0) is 0 Å². The molecule has 2 heterocycles. The second-order valence-electron chi connectivity index (χ2n) is 16.8. The van der Waals surface area contributed by atoms with E-state index in [1.54, 1.807) is 0 Å². The van der Waals surface area contributed by atoms with Gasteiger partial charge in [0, 0.05) is 61.3 Å². The van der Waals surface area contributed by atoms with Gasteiger partial charge in [-0.1, -0.05) is 131 Å². The van der Waals surface area contributed by atoms with Gasteiger partial charge in [-0.05, 0) is 105 Å². The number of amides is 4. The first-order chi connectivity index (χ1) is 27.4. The summed E-state index contributed by atoms with van der Waals surface area (Å²) in [5.41, 5.74) is 6.66. The molecule has 9 rings (SSSR count). The summed E-state index contributed by atoms with van der Waals surface area (Å²) < 4.78 is 3.15. The van der Waals surface area contributed by atoms with E-state index in [0.717, 1.165) is 63.5 Å². The van der Waals surface area contributed by atoms with Crippen molar-refractivity contribution in [3.8, 4) is 0 Å². The fourth-order valence-corrected chi connectivity index (χ4v) is 11.6. The van der Waals surface area contributed by atoms with Crippen molar-refractivity contribution in [3.63, 3.8) is 0 Å². The van der Waals surface area contributed by atoms with Crippen molar-refractivity contribution >= 4 is 142 Å². The Labute approximate surface area is 370 Å². The molecule has 6 nitrogen and oxygen atoms in total. The number of hydrogen-bond donors (Lipinski definition) is 0. The smallest absolute Gasteiger partial charge is 0.266 e. The van der Waals surface area contributed by atoms with Crippen LogP contribution in [0.15, 0.2) is 78.6 Å². The molecule has 2 aliphatic rings. The molecule has 4 amide bonds. The molecule has 0 saturated carbocycles. The zero-order chi connectivity index (χ0) is 41.5. The number of nitrogens with zero attached hydrogens (tertiary/aromatic N) is 2. The molecule has 0 aliphatic carbocycles. The standard InChI is InChI=1S/C48H38Br4N2O4/c1-19(2)29-13-23(49)14-30(20(3)4)43(29)53-45(55)27-11-9-25-40-36(52)18-34-38-28(12-10-26(42(38)40)39-35(51)17-33(47(53)57)37(27)41(25)39)46(56)54(48(34)58)44-31(21(5)6)15-24(50)16-32(44)22(7)8/h9-22H,1-8H3. The van der Waals surface area contributed by atoms with E-state index in [9.17, 15) is 19.2 Å². The lowest BCUT2D eigenvalue weighted by Crippen LogP contribution is -2.42. The van der Waals surface area contributed by atoms with Crippen LogP contribution >= 0.6 is 63.7 Å². The normalized spacial score (nSPS) is 14.6. The molecule has 0 spiro atoms. The second-order valence-corrected chi connectivity index (χ2v) is 20.3. The predicted octanol–water partition coefficient (Wildman–Crippen LogP) is 14.9. The number of carbonyl (C=O) groups is 4. The topological polar surface area (TPSA) is 74.8 Å². The van der Waals surface area contributed by atoms with Gasteiger partial charge >= 0.3 is 0 Å². The first kappa shape index (κ1) is 39.5. The monoisotopic (exact) mass is 1020 g/mol. The molecule has 0 saturated heterocycles. The van der Waals surface area contributed by atoms with Crippen LogP contribution in [0.5, 0.6) is 0 Å². The van der Waals surface area contributed by atoms with Gasteiger partial charge in [-0.15, -0.1) is 0 Å². The number of hydrogen-bond acceptors (Lipinski definition) is 4. The zero-order valence-electron chi connectivity index (χ0n) is 33.1. The third kappa shape index (κ3) is 5.43. The van der Waals surface area contributed by atoms with Gasteiger partial charge in [0.25, 0.3) is 23.6 Å². The Balaban J connectivity index is 1.32. The Morgan fingerprint density at radius 1 is 0.379 bits per heavy atom. The molecule has 0 fully saturated rings. The van der Waals surface area contributed by atoms with Crippen LogP contribution in [0.4, 0.5) is 11.4 Å². The van der Waals surface area contributed by atoms with Gasteiger partial charge in [-0.3, -0.25) is 19.2 Å². The quantitative estimate of drug-likeness (QED) is 0.0945. The molecule has 0 aromatic heterocycles. The number of anilines is 2. The van der Waals surface area contributed by atoms with Crippen molar-refractivity contribution in [2.45, 2.75) is 79.1 Å². The van der Waals surface area contributed by atoms with Crippen molar-refractivity contribution < 1.29 is 19.2 Å². The average Bonchev–Trinajstić information content (AvgIpc) is 3.16. The summed E-state index contributed by atoms with van der Waals surface area (Å²) >= 11 is 15.1. The maximum Gasteiger partial charge on any atom is 0.266 e. The molecule has 58 heavy (non-hydrogen) atoms. The lowest BCUT2D eigenvalue weighted by molar-refractivity contribution is 0.0877. The highest BCUT2D eigenvalue weighted by molar-refractivity contribution is 9.11. The lowest BCUT2D eigenvalue weighted by Gasteiger charge is -2.34. The van der Waals surface area contributed by atoms with Crippen LogP contribution in [0.2, 0.25) is 0 Å². The van der Waals surface area contributed by atoms with E-state index in [1.165, 1.54) is 9.80 Å². The van der Waals surface area contributed by atoms with Gasteiger partial charge < -0.3 is 0 Å². The van der Waals surface area contributed by atoms with Crippen molar-refractivity contribution in [2.75, 3.05) is 9.80 Å². The van der Waals surface area contributed by atoms with E-state index in [1.807, 2.05) is 60.7 Å². The minimum Gasteiger partial charge on any atom is -0.268 e. The largest absolute Gasteiger partial charge is 0.268 e. The second kappa shape index (κ2) is 13.8. The Morgan fingerprint density at radius 3 is 0.966 bits per heavy atom. The van der Waals surface area contributed by atoms with Crippen molar-refractivity contribution in [2.24, 2.45) is 0 Å². The fraction of sp³-hybridized carbons (Fsp3) is 0.250. The van der Waals surface area contributed by atoms with Crippen LogP contribution < -0.4 is 9.80 Å². The SMILES string of the molecule is CC(C)c1cc(Br)cc(C(C)C)c1N1C(=O)c2ccc3c4c(Br)cc5c6c(ccc(c7c(Br)cc(c2c37)C1=O)c64)C(=O)N(c1c(C(C)C)cc(Br)cc1C(C)C)C5=O. The molecule has 7 aromatic carbocycles. The molecule has 0 N–H and O–H groups in total. The molecule has 2 aliphatic heterocycles. The number of benzene rings is 7. The summed E-state index contributed by atoms with van der Waals surface area (Å²) in [6.07, 6.45) is 0. The van der Waals surface area contributed by atoms with E-state index < -0.39 is 0 Å². The maximum atomic E-state index is 14.9. The Kier molecular flexibility index (Phi) is 9.39. The van der Waals surface area contributed by atoms with Gasteiger partial charge in [0.2, 0.25) is 0 Å². The highest BCUT2D eigenvalue weighted by atomic mass is 79.9. The molecular formula is C48H38Br4N2O4. The zero-order valence-corrected chi connectivity index (χ0v) is 39.5. The summed E-state index contributed by atoms with van der Waals surface area (Å²) in [5, 5.41) is 5.97. The van der Waals surface area contributed by atoms with E-state index in [2.05, 4.69) is 119 Å². The van der Waals surface area contributed by atoms with E-state index in [-0.39, 0.29) is 47.3 Å². The molecule has 292 valence electrons. The van der Waals surface area contributed by atoms with Crippen molar-refractivity contribution in [1.82, 2.24) is 0 Å². The first-order valence-corrected chi connectivity index (χ1v) is 22.6. The fourth-order valence-electron chi connectivity index (χ4n) is 9.34. The van der Waals surface area contributed by atoms with Crippen LogP contribution in [0, 0.1) is 0 Å². The molecular weight excluding hydrogens is 988 g/mol. The number of rotatable bonds is 6. The lowest BCUT2D eigenvalue weighted by atomic mass is 9.81. The first-order valence-electron chi connectivity index (χ1n) is 19.5. The predicted molar refractivity (Wildman–Crippen MR) is 250 cm³/mol. The Bertz CT molecular complexity index is 2790. The third-order valence-corrected chi connectivity index (χ3v) is 14.1. The summed E-state index contributed by atoms with van der Waals surface area (Å²) in [5.74, 6) is -1.34. The van der Waals surface area contributed by atoms with Gasteiger partial charge in [-0.25, -0.2) is 9.80 Å². The summed E-state index contributed by atoms with van der Waals surface area (Å²) in [6, 6.07) is 19.2. The molecule has 7 aromatic rings. The van der Waals surface area contributed by atoms with Crippen LogP contribution in [0.1, 0.15) is 143 Å². The molecule has 0 unspecified atom stereocenters. The van der Waals surface area contributed by atoms with Gasteiger partial charge in [0.1, 0.15) is 0 Å². The molecule has 0 radical (unpaired) electrons. The Morgan fingerprint density at radius 2 is 0.672 bits per heavy atom. The van der Waals surface area contributed by atoms with Gasteiger partial charge in [0.15, 0.2) is 0 Å². The molecule has 0 atom stereocenters. The maximum absolute atomic E-state index is 14.9. The summed E-state index contributed by atoms with van der Waals surface area (Å²) in [6.45, 7) is 16.6. The number of imide groups is 2. The van der Waals surface area contributed by atoms with Gasteiger partial charge in [-0.2, -0.15) is 0 Å². The van der Waals surface area contributed by atoms with Crippen molar-refractivity contribution in [3.05, 3.63) is 123 Å².